The number of amides is 1. The van der Waals surface area contributed by atoms with E-state index in [-0.39, 0.29) is 17.7 Å². The predicted octanol–water partition coefficient (Wildman–Crippen LogP) is 5.06. The van der Waals surface area contributed by atoms with E-state index in [1.165, 1.54) is 38.5 Å². The van der Waals surface area contributed by atoms with Crippen LogP contribution in [0.1, 0.15) is 94.0 Å². The van der Waals surface area contributed by atoms with Crippen molar-refractivity contribution in [2.75, 3.05) is 5.32 Å². The minimum absolute atomic E-state index is 0.166. The number of aromatic nitrogens is 2. The lowest BCUT2D eigenvalue weighted by atomic mass is 9.79. The summed E-state index contributed by atoms with van der Waals surface area (Å²) in [6.07, 6.45) is 17.0. The highest BCUT2D eigenvalue weighted by Gasteiger charge is 2.44. The van der Waals surface area contributed by atoms with E-state index in [1.54, 1.807) is 6.07 Å². The van der Waals surface area contributed by atoms with Crippen LogP contribution in [0.2, 0.25) is 0 Å². The van der Waals surface area contributed by atoms with Crippen LogP contribution >= 0.6 is 0 Å². The summed E-state index contributed by atoms with van der Waals surface area (Å²) in [4.78, 5) is 30.2. The van der Waals surface area contributed by atoms with Gasteiger partial charge in [0, 0.05) is 12.4 Å². The van der Waals surface area contributed by atoms with E-state index in [2.05, 4.69) is 25.7 Å². The topological polar surface area (TPSA) is 97.3 Å². The van der Waals surface area contributed by atoms with Gasteiger partial charge in [-0.1, -0.05) is 44.6 Å². The molecule has 1 saturated heterocycles. The smallest absolute Gasteiger partial charge is 0.340 e. The fourth-order valence-electron chi connectivity index (χ4n) is 5.66. The van der Waals surface area contributed by atoms with Crippen LogP contribution in [0.15, 0.2) is 36.9 Å². The molecular weight excluding hydrogens is 454 g/mol. The predicted molar refractivity (Wildman–Crippen MR) is 140 cm³/mol. The van der Waals surface area contributed by atoms with E-state index in [1.807, 2.05) is 51.6 Å². The first-order chi connectivity index (χ1) is 17.4. The number of anilines is 1. The first-order valence-corrected chi connectivity index (χ1v) is 13.5. The average Bonchev–Trinajstić information content (AvgIpc) is 3.43. The highest BCUT2D eigenvalue weighted by Crippen LogP contribution is 2.39. The number of rotatable bonds is 6. The summed E-state index contributed by atoms with van der Waals surface area (Å²) in [5, 5.41) is 2.98. The average molecular weight is 496 g/mol. The van der Waals surface area contributed by atoms with Gasteiger partial charge < -0.3 is 14.6 Å². The molecule has 1 amide bonds. The number of ether oxygens (including phenoxy) is 1. The minimum Gasteiger partial charge on any atom is -0.459 e. The van der Waals surface area contributed by atoms with Gasteiger partial charge in [0.25, 0.3) is 0 Å². The Hall–Kier alpha value is -2.71. The molecule has 2 aliphatic rings. The van der Waals surface area contributed by atoms with Crippen molar-refractivity contribution in [3.63, 3.8) is 0 Å². The number of hydrazine groups is 1. The molecule has 1 aliphatic heterocycles. The molecule has 1 aromatic heterocycles. The Morgan fingerprint density at radius 3 is 2.44 bits per heavy atom. The van der Waals surface area contributed by atoms with Crippen LogP contribution in [0.5, 0.6) is 0 Å². The van der Waals surface area contributed by atoms with Gasteiger partial charge in [-0.3, -0.25) is 4.79 Å². The second-order valence-corrected chi connectivity index (χ2v) is 10.6. The zero-order valence-corrected chi connectivity index (χ0v) is 21.9. The maximum Gasteiger partial charge on any atom is 0.340 e. The van der Waals surface area contributed by atoms with Crippen LogP contribution in [0.25, 0.3) is 0 Å². The summed E-state index contributed by atoms with van der Waals surface area (Å²) in [5.74, 6) is -0.148. The van der Waals surface area contributed by atoms with Crippen molar-refractivity contribution in [3.8, 4) is 0 Å². The van der Waals surface area contributed by atoms with E-state index < -0.39 is 12.0 Å². The molecule has 3 N–H and O–H groups in total. The second kappa shape index (κ2) is 12.0. The van der Waals surface area contributed by atoms with Crippen molar-refractivity contribution in [2.24, 2.45) is 5.92 Å². The zero-order chi connectivity index (χ0) is 25.5. The minimum atomic E-state index is -0.436. The SMILES string of the molecule is Cc1ccc(C(=O)OC(C)C)c(NC(=O)C2CCC(C3CCCCCCCC3)(n3ccnc3)NN2)c1. The highest BCUT2D eigenvalue weighted by molar-refractivity contribution is 6.03. The lowest BCUT2D eigenvalue weighted by Gasteiger charge is -2.47. The van der Waals surface area contributed by atoms with Crippen LogP contribution in [-0.2, 0) is 15.2 Å². The first-order valence-electron chi connectivity index (χ1n) is 13.5. The zero-order valence-electron chi connectivity index (χ0n) is 21.9. The molecule has 1 aliphatic carbocycles. The van der Waals surface area contributed by atoms with Gasteiger partial charge in [0.15, 0.2) is 0 Å². The molecule has 8 nitrogen and oxygen atoms in total. The van der Waals surface area contributed by atoms with Gasteiger partial charge in [0.1, 0.15) is 11.7 Å². The summed E-state index contributed by atoms with van der Waals surface area (Å²) < 4.78 is 7.57. The standard InChI is InChI=1S/C28H41N5O3/c1-20(2)36-27(35)23-13-12-21(3)18-25(23)30-26(34)24-14-15-28(32-31-24,33-17-16-29-19-33)22-10-8-6-4-5-7-9-11-22/h12-13,16-20,22,24,31-32H,4-11,14-15H2,1-3H3,(H,30,34). The number of aryl methyl sites for hydroxylation is 1. The Balaban J connectivity index is 1.48. The van der Waals surface area contributed by atoms with E-state index >= 15 is 0 Å². The molecular formula is C28H41N5O3. The Labute approximate surface area is 214 Å². The van der Waals surface area contributed by atoms with Crippen molar-refractivity contribution in [3.05, 3.63) is 48.0 Å². The van der Waals surface area contributed by atoms with Gasteiger partial charge in [-0.05, 0) is 70.1 Å². The third kappa shape index (κ3) is 6.16. The van der Waals surface area contributed by atoms with Crippen molar-refractivity contribution in [1.82, 2.24) is 20.4 Å². The molecule has 0 bridgehead atoms. The molecule has 2 atom stereocenters. The Morgan fingerprint density at radius 1 is 1.11 bits per heavy atom. The van der Waals surface area contributed by atoms with Gasteiger partial charge >= 0.3 is 5.97 Å². The second-order valence-electron chi connectivity index (χ2n) is 10.6. The largest absolute Gasteiger partial charge is 0.459 e. The van der Waals surface area contributed by atoms with Gasteiger partial charge in [0.2, 0.25) is 5.91 Å². The van der Waals surface area contributed by atoms with Gasteiger partial charge in [-0.25, -0.2) is 20.6 Å². The van der Waals surface area contributed by atoms with E-state index in [0.29, 0.717) is 23.6 Å². The fraction of sp³-hybridized carbons (Fsp3) is 0.607. The summed E-state index contributed by atoms with van der Waals surface area (Å²) >= 11 is 0. The number of esters is 1. The molecule has 0 spiro atoms. The summed E-state index contributed by atoms with van der Waals surface area (Å²) in [6, 6.07) is 4.96. The number of nitrogens with one attached hydrogen (secondary N) is 3. The molecule has 1 saturated carbocycles. The first kappa shape index (κ1) is 26.4. The quantitative estimate of drug-likeness (QED) is 0.485. The lowest BCUT2D eigenvalue weighted by molar-refractivity contribution is -0.120. The third-order valence-electron chi connectivity index (χ3n) is 7.58. The van der Waals surface area contributed by atoms with E-state index in [4.69, 9.17) is 4.74 Å². The Morgan fingerprint density at radius 2 is 1.83 bits per heavy atom. The number of imidazole rings is 1. The normalized spacial score (nSPS) is 23.9. The summed E-state index contributed by atoms with van der Waals surface area (Å²) in [6.45, 7) is 5.56. The van der Waals surface area contributed by atoms with Crippen LogP contribution in [0.4, 0.5) is 5.69 Å². The van der Waals surface area contributed by atoms with Crippen molar-refractivity contribution < 1.29 is 14.3 Å². The Bertz CT molecular complexity index is 1000. The maximum absolute atomic E-state index is 13.3. The summed E-state index contributed by atoms with van der Waals surface area (Å²) in [5.41, 5.74) is 8.42. The molecule has 36 heavy (non-hydrogen) atoms. The molecule has 4 rings (SSSR count). The maximum atomic E-state index is 13.3. The highest BCUT2D eigenvalue weighted by atomic mass is 16.5. The number of benzene rings is 1. The van der Waals surface area contributed by atoms with Gasteiger partial charge in [-0.2, -0.15) is 0 Å². The Kier molecular flexibility index (Phi) is 8.80. The molecule has 1 aromatic carbocycles. The summed E-state index contributed by atoms with van der Waals surface area (Å²) in [7, 11) is 0. The van der Waals surface area contributed by atoms with Crippen molar-refractivity contribution in [2.45, 2.75) is 103 Å². The third-order valence-corrected chi connectivity index (χ3v) is 7.58. The van der Waals surface area contributed by atoms with Gasteiger partial charge in [0.05, 0.1) is 23.7 Å². The molecule has 196 valence electrons. The van der Waals surface area contributed by atoms with Gasteiger partial charge in [-0.15, -0.1) is 0 Å². The number of hydrogen-bond donors (Lipinski definition) is 3. The molecule has 2 aromatic rings. The lowest BCUT2D eigenvalue weighted by Crippen LogP contribution is -2.65. The molecule has 2 unspecified atom stereocenters. The fourth-order valence-corrected chi connectivity index (χ4v) is 5.66. The van der Waals surface area contributed by atoms with Crippen LogP contribution in [-0.4, -0.2) is 33.6 Å². The monoisotopic (exact) mass is 495 g/mol. The van der Waals surface area contributed by atoms with E-state index in [0.717, 1.165) is 24.8 Å². The molecule has 2 heterocycles. The van der Waals surface area contributed by atoms with Crippen LogP contribution < -0.4 is 16.2 Å². The number of carbonyl (C=O) groups is 2. The van der Waals surface area contributed by atoms with Crippen molar-refractivity contribution in [1.29, 1.82) is 0 Å². The van der Waals surface area contributed by atoms with Crippen LogP contribution in [0.3, 0.4) is 0 Å². The molecule has 2 fully saturated rings. The van der Waals surface area contributed by atoms with Crippen molar-refractivity contribution >= 4 is 17.6 Å². The number of carbonyl (C=O) groups excluding carboxylic acids is 2. The number of hydrogen-bond acceptors (Lipinski definition) is 6. The van der Waals surface area contributed by atoms with Crippen LogP contribution in [0, 0.1) is 12.8 Å². The van der Waals surface area contributed by atoms with E-state index in [9.17, 15) is 9.59 Å². The molecule has 8 heteroatoms. The molecule has 0 radical (unpaired) electrons. The number of nitrogens with zero attached hydrogens (tertiary/aromatic N) is 2.